The molecular formula is C17H17BrN4. The van der Waals surface area contributed by atoms with Crippen molar-refractivity contribution >= 4 is 32.7 Å². The summed E-state index contributed by atoms with van der Waals surface area (Å²) in [7, 11) is 0. The zero-order chi connectivity index (χ0) is 15.4. The van der Waals surface area contributed by atoms with Gasteiger partial charge < -0.3 is 11.1 Å². The van der Waals surface area contributed by atoms with Crippen molar-refractivity contribution in [3.05, 3.63) is 53.1 Å². The zero-order valence-corrected chi connectivity index (χ0v) is 13.7. The maximum Gasteiger partial charge on any atom is 0.126 e. The molecule has 0 saturated heterocycles. The predicted octanol–water partition coefficient (Wildman–Crippen LogP) is 3.82. The van der Waals surface area contributed by atoms with Crippen LogP contribution in [0, 0.1) is 0 Å². The number of hydrogen-bond acceptors (Lipinski definition) is 4. The van der Waals surface area contributed by atoms with Crippen molar-refractivity contribution in [2.45, 2.75) is 6.42 Å². The molecule has 1 aromatic carbocycles. The molecule has 5 heteroatoms. The quantitative estimate of drug-likeness (QED) is 0.682. The van der Waals surface area contributed by atoms with Gasteiger partial charge >= 0.3 is 0 Å². The Bertz CT molecular complexity index is 771. The minimum absolute atomic E-state index is 0.679. The molecule has 0 spiro atoms. The van der Waals surface area contributed by atoms with E-state index in [9.17, 15) is 0 Å². The average Bonchev–Trinajstić information content (AvgIpc) is 2.55. The monoisotopic (exact) mass is 356 g/mol. The van der Waals surface area contributed by atoms with Crippen LogP contribution in [0.5, 0.6) is 0 Å². The molecule has 4 nitrogen and oxygen atoms in total. The molecule has 22 heavy (non-hydrogen) atoms. The molecule has 0 aliphatic heterocycles. The molecule has 2 aromatic heterocycles. The highest BCUT2D eigenvalue weighted by Gasteiger charge is 2.03. The number of pyridine rings is 2. The smallest absolute Gasteiger partial charge is 0.126 e. The molecule has 0 fully saturated rings. The van der Waals surface area contributed by atoms with Gasteiger partial charge in [-0.1, -0.05) is 28.1 Å². The summed E-state index contributed by atoms with van der Waals surface area (Å²) in [5.41, 5.74) is 8.44. The number of nitrogens with zero attached hydrogens (tertiary/aromatic N) is 2. The summed E-state index contributed by atoms with van der Waals surface area (Å²) in [5, 5.41) is 4.32. The molecule has 112 valence electrons. The van der Waals surface area contributed by atoms with E-state index in [1.54, 1.807) is 0 Å². The summed E-state index contributed by atoms with van der Waals surface area (Å²) in [6, 6.07) is 14.1. The Morgan fingerprint density at radius 3 is 2.68 bits per heavy atom. The van der Waals surface area contributed by atoms with E-state index in [0.717, 1.165) is 45.4 Å². The number of rotatable bonds is 5. The molecule has 0 aliphatic carbocycles. The second-order valence-electron chi connectivity index (χ2n) is 5.03. The molecule has 0 radical (unpaired) electrons. The topological polar surface area (TPSA) is 63.8 Å². The van der Waals surface area contributed by atoms with Gasteiger partial charge in [-0.3, -0.25) is 4.98 Å². The van der Waals surface area contributed by atoms with Crippen LogP contribution < -0.4 is 11.1 Å². The summed E-state index contributed by atoms with van der Waals surface area (Å²) < 4.78 is 1.06. The van der Waals surface area contributed by atoms with Gasteiger partial charge in [-0.2, -0.15) is 0 Å². The highest BCUT2D eigenvalue weighted by molar-refractivity contribution is 9.10. The summed E-state index contributed by atoms with van der Waals surface area (Å²) in [6.07, 6.45) is 2.80. The van der Waals surface area contributed by atoms with Gasteiger partial charge in [-0.15, -0.1) is 0 Å². The van der Waals surface area contributed by atoms with Crippen molar-refractivity contribution in [2.75, 3.05) is 18.4 Å². The fraction of sp³-hybridized carbons (Fsp3) is 0.176. The molecule has 0 saturated carbocycles. The number of nitrogens with one attached hydrogen (secondary N) is 1. The lowest BCUT2D eigenvalue weighted by molar-refractivity contribution is 0.871. The molecule has 0 bridgehead atoms. The minimum atomic E-state index is 0.679. The Balaban J connectivity index is 1.91. The SMILES string of the molecule is NCCCNc1ccc2cnc(-c3ccc(Br)cc3)cc2n1. The van der Waals surface area contributed by atoms with Gasteiger partial charge in [-0.25, -0.2) is 4.98 Å². The summed E-state index contributed by atoms with van der Waals surface area (Å²) in [5.74, 6) is 0.869. The van der Waals surface area contributed by atoms with E-state index in [1.165, 1.54) is 0 Å². The molecule has 0 amide bonds. The van der Waals surface area contributed by atoms with Crippen LogP contribution >= 0.6 is 15.9 Å². The first-order valence-corrected chi connectivity index (χ1v) is 8.02. The van der Waals surface area contributed by atoms with Crippen LogP contribution in [-0.4, -0.2) is 23.1 Å². The van der Waals surface area contributed by atoms with Crippen LogP contribution in [0.4, 0.5) is 5.82 Å². The van der Waals surface area contributed by atoms with Crippen molar-refractivity contribution < 1.29 is 0 Å². The van der Waals surface area contributed by atoms with Gasteiger partial charge in [0.05, 0.1) is 11.2 Å². The van der Waals surface area contributed by atoms with Crippen LogP contribution in [-0.2, 0) is 0 Å². The summed E-state index contributed by atoms with van der Waals surface area (Å²) in [4.78, 5) is 9.17. The second kappa shape index (κ2) is 6.85. The Morgan fingerprint density at radius 1 is 1.09 bits per heavy atom. The van der Waals surface area contributed by atoms with Gasteiger partial charge in [0.15, 0.2) is 0 Å². The number of anilines is 1. The number of benzene rings is 1. The van der Waals surface area contributed by atoms with Crippen molar-refractivity contribution in [1.29, 1.82) is 0 Å². The lowest BCUT2D eigenvalue weighted by Crippen LogP contribution is -2.09. The molecule has 3 N–H and O–H groups in total. The van der Waals surface area contributed by atoms with E-state index in [-0.39, 0.29) is 0 Å². The van der Waals surface area contributed by atoms with Gasteiger partial charge in [0.2, 0.25) is 0 Å². The maximum absolute atomic E-state index is 5.51. The fourth-order valence-electron chi connectivity index (χ4n) is 2.21. The molecule has 0 atom stereocenters. The first-order valence-electron chi connectivity index (χ1n) is 7.23. The van der Waals surface area contributed by atoms with E-state index in [0.29, 0.717) is 6.54 Å². The normalized spacial score (nSPS) is 10.8. The van der Waals surface area contributed by atoms with Crippen LogP contribution in [0.15, 0.2) is 53.1 Å². The standard InChI is InChI=1S/C17H17BrN4/c18-14-5-2-12(3-6-14)15-10-16-13(11-21-15)4-7-17(22-16)20-9-1-8-19/h2-7,10-11H,1,8-9,19H2,(H,20,22). The Kier molecular flexibility index (Phi) is 4.65. The number of hydrogen-bond donors (Lipinski definition) is 2. The molecule has 0 aliphatic rings. The Morgan fingerprint density at radius 2 is 1.91 bits per heavy atom. The van der Waals surface area contributed by atoms with Gasteiger partial charge in [-0.05, 0) is 43.3 Å². The largest absolute Gasteiger partial charge is 0.370 e. The van der Waals surface area contributed by atoms with Gasteiger partial charge in [0.1, 0.15) is 5.82 Å². The molecule has 3 rings (SSSR count). The number of fused-ring (bicyclic) bond motifs is 1. The summed E-state index contributed by atoms with van der Waals surface area (Å²) >= 11 is 3.45. The van der Waals surface area contributed by atoms with Gasteiger partial charge in [0, 0.05) is 28.2 Å². The Hall–Kier alpha value is -1.98. The van der Waals surface area contributed by atoms with Gasteiger partial charge in [0.25, 0.3) is 0 Å². The maximum atomic E-state index is 5.51. The third kappa shape index (κ3) is 3.43. The summed E-state index contributed by atoms with van der Waals surface area (Å²) in [6.45, 7) is 1.51. The second-order valence-corrected chi connectivity index (χ2v) is 5.95. The van der Waals surface area contributed by atoms with Crippen LogP contribution in [0.2, 0.25) is 0 Å². The van der Waals surface area contributed by atoms with Crippen LogP contribution in [0.25, 0.3) is 22.2 Å². The van der Waals surface area contributed by atoms with E-state index < -0.39 is 0 Å². The van der Waals surface area contributed by atoms with Crippen molar-refractivity contribution in [1.82, 2.24) is 9.97 Å². The third-order valence-electron chi connectivity index (χ3n) is 3.40. The Labute approximate surface area is 137 Å². The highest BCUT2D eigenvalue weighted by atomic mass is 79.9. The molecular weight excluding hydrogens is 340 g/mol. The van der Waals surface area contributed by atoms with Crippen LogP contribution in [0.1, 0.15) is 6.42 Å². The van der Waals surface area contributed by atoms with Crippen LogP contribution in [0.3, 0.4) is 0 Å². The van der Waals surface area contributed by atoms with E-state index in [1.807, 2.05) is 48.7 Å². The fourth-order valence-corrected chi connectivity index (χ4v) is 2.48. The van der Waals surface area contributed by atoms with E-state index >= 15 is 0 Å². The molecule has 3 aromatic rings. The van der Waals surface area contributed by atoms with Crippen molar-refractivity contribution in [3.8, 4) is 11.3 Å². The lowest BCUT2D eigenvalue weighted by atomic mass is 10.1. The van der Waals surface area contributed by atoms with Crippen molar-refractivity contribution in [2.24, 2.45) is 5.73 Å². The molecule has 0 unspecified atom stereocenters. The number of nitrogens with two attached hydrogens (primary N) is 1. The average molecular weight is 357 g/mol. The third-order valence-corrected chi connectivity index (χ3v) is 3.93. The lowest BCUT2D eigenvalue weighted by Gasteiger charge is -2.07. The predicted molar refractivity (Wildman–Crippen MR) is 94.8 cm³/mol. The minimum Gasteiger partial charge on any atom is -0.370 e. The number of halogens is 1. The highest BCUT2D eigenvalue weighted by Crippen LogP contribution is 2.23. The van der Waals surface area contributed by atoms with E-state index in [2.05, 4.69) is 31.2 Å². The zero-order valence-electron chi connectivity index (χ0n) is 12.1. The first kappa shape index (κ1) is 14.9. The van der Waals surface area contributed by atoms with E-state index in [4.69, 9.17) is 5.73 Å². The van der Waals surface area contributed by atoms with Crippen molar-refractivity contribution in [3.63, 3.8) is 0 Å². The number of aromatic nitrogens is 2. The first-order chi connectivity index (χ1) is 10.8. The molecule has 2 heterocycles.